The lowest BCUT2D eigenvalue weighted by molar-refractivity contribution is 0.206. The first kappa shape index (κ1) is 17.5. The summed E-state index contributed by atoms with van der Waals surface area (Å²) in [6.07, 6.45) is 6.05. The summed E-state index contributed by atoms with van der Waals surface area (Å²) in [5.74, 6) is 0.849. The van der Waals surface area contributed by atoms with E-state index in [-0.39, 0.29) is 6.03 Å². The van der Waals surface area contributed by atoms with Crippen molar-refractivity contribution in [3.63, 3.8) is 0 Å². The molecule has 0 radical (unpaired) electrons. The summed E-state index contributed by atoms with van der Waals surface area (Å²) in [7, 11) is 1.94. The quantitative estimate of drug-likeness (QED) is 0.909. The molecule has 0 aliphatic carbocycles. The van der Waals surface area contributed by atoms with E-state index in [1.54, 1.807) is 0 Å². The van der Waals surface area contributed by atoms with E-state index >= 15 is 0 Å². The molecular weight excluding hydrogens is 312 g/mol. The van der Waals surface area contributed by atoms with Gasteiger partial charge in [0.25, 0.3) is 0 Å². The molecule has 1 saturated heterocycles. The van der Waals surface area contributed by atoms with Crippen LogP contribution in [0.25, 0.3) is 0 Å². The first-order valence-corrected chi connectivity index (χ1v) is 9.08. The zero-order valence-electron chi connectivity index (χ0n) is 15.4. The Morgan fingerprint density at radius 3 is 3.00 bits per heavy atom. The van der Waals surface area contributed by atoms with Crippen LogP contribution in [0.3, 0.4) is 0 Å². The number of likely N-dealkylation sites (tertiary alicyclic amines) is 1. The van der Waals surface area contributed by atoms with Gasteiger partial charge in [-0.3, -0.25) is 4.68 Å². The van der Waals surface area contributed by atoms with Crippen molar-refractivity contribution in [1.82, 2.24) is 20.0 Å². The van der Waals surface area contributed by atoms with Crippen LogP contribution in [0.1, 0.15) is 36.0 Å². The largest absolute Gasteiger partial charge is 0.337 e. The van der Waals surface area contributed by atoms with Crippen LogP contribution in [0.4, 0.5) is 4.79 Å². The van der Waals surface area contributed by atoms with Crippen LogP contribution in [0, 0.1) is 12.8 Å². The molecule has 134 valence electrons. The maximum atomic E-state index is 12.4. The van der Waals surface area contributed by atoms with E-state index in [1.807, 2.05) is 22.8 Å². The number of rotatable bonds is 5. The average Bonchev–Trinajstić information content (AvgIpc) is 3.22. The smallest absolute Gasteiger partial charge is 0.317 e. The third kappa shape index (κ3) is 4.62. The predicted octanol–water partition coefficient (Wildman–Crippen LogP) is 3.11. The second kappa shape index (κ2) is 7.72. The SMILES string of the molecule is Cc1cccc([C@@H](C)CNC(=O)N2CC[C@@H](Cc3cnn(C)c3)C2)c1. The number of carbonyl (C=O) groups excluding carboxylic acids is 1. The molecule has 1 N–H and O–H groups in total. The zero-order chi connectivity index (χ0) is 17.8. The fourth-order valence-electron chi connectivity index (χ4n) is 3.54. The van der Waals surface area contributed by atoms with E-state index in [0.717, 1.165) is 25.9 Å². The number of carbonyl (C=O) groups is 1. The summed E-state index contributed by atoms with van der Waals surface area (Å²) in [4.78, 5) is 14.4. The lowest BCUT2D eigenvalue weighted by Crippen LogP contribution is -2.40. The van der Waals surface area contributed by atoms with Crippen LogP contribution in [0.15, 0.2) is 36.7 Å². The van der Waals surface area contributed by atoms with Crippen molar-refractivity contribution in [2.75, 3.05) is 19.6 Å². The van der Waals surface area contributed by atoms with Gasteiger partial charge in [0.05, 0.1) is 6.20 Å². The van der Waals surface area contributed by atoms with Gasteiger partial charge in [-0.1, -0.05) is 36.8 Å². The number of nitrogens with zero attached hydrogens (tertiary/aromatic N) is 3. The van der Waals surface area contributed by atoms with Crippen LogP contribution in [0.2, 0.25) is 0 Å². The maximum absolute atomic E-state index is 12.4. The summed E-state index contributed by atoms with van der Waals surface area (Å²) in [5, 5.41) is 7.32. The minimum atomic E-state index is 0.0631. The molecule has 25 heavy (non-hydrogen) atoms. The Bertz CT molecular complexity index is 724. The number of benzene rings is 1. The zero-order valence-corrected chi connectivity index (χ0v) is 15.4. The lowest BCUT2D eigenvalue weighted by atomic mass is 9.99. The molecule has 2 heterocycles. The highest BCUT2D eigenvalue weighted by Gasteiger charge is 2.26. The molecule has 3 rings (SSSR count). The van der Waals surface area contributed by atoms with Gasteiger partial charge >= 0.3 is 6.03 Å². The van der Waals surface area contributed by atoms with Gasteiger partial charge in [0.15, 0.2) is 0 Å². The number of urea groups is 1. The van der Waals surface area contributed by atoms with Gasteiger partial charge < -0.3 is 10.2 Å². The Morgan fingerprint density at radius 1 is 1.44 bits per heavy atom. The van der Waals surface area contributed by atoms with Gasteiger partial charge in [0.2, 0.25) is 0 Å². The van der Waals surface area contributed by atoms with Crippen LogP contribution < -0.4 is 5.32 Å². The summed E-state index contributed by atoms with van der Waals surface area (Å²) in [6.45, 7) is 6.60. The molecule has 1 aromatic heterocycles. The Hall–Kier alpha value is -2.30. The molecule has 0 unspecified atom stereocenters. The number of hydrogen-bond donors (Lipinski definition) is 1. The van der Waals surface area contributed by atoms with Crippen molar-refractivity contribution in [2.45, 2.75) is 32.6 Å². The molecule has 1 aliphatic rings. The van der Waals surface area contributed by atoms with Crippen LogP contribution in [-0.4, -0.2) is 40.3 Å². The van der Waals surface area contributed by atoms with Crippen molar-refractivity contribution in [3.05, 3.63) is 53.3 Å². The molecule has 0 bridgehead atoms. The molecule has 1 aliphatic heterocycles. The van der Waals surface area contributed by atoms with Crippen molar-refractivity contribution in [3.8, 4) is 0 Å². The second-order valence-corrected chi connectivity index (χ2v) is 7.33. The molecule has 2 amide bonds. The third-order valence-corrected chi connectivity index (χ3v) is 5.03. The Labute approximate surface area is 150 Å². The van der Waals surface area contributed by atoms with E-state index in [1.165, 1.54) is 16.7 Å². The van der Waals surface area contributed by atoms with Gasteiger partial charge in [-0.2, -0.15) is 5.10 Å². The van der Waals surface area contributed by atoms with E-state index in [2.05, 4.69) is 54.7 Å². The summed E-state index contributed by atoms with van der Waals surface area (Å²) in [5.41, 5.74) is 3.78. The van der Waals surface area contributed by atoms with Gasteiger partial charge in [0, 0.05) is 32.9 Å². The van der Waals surface area contributed by atoms with E-state index in [9.17, 15) is 4.79 Å². The number of aromatic nitrogens is 2. The Kier molecular flexibility index (Phi) is 5.41. The molecule has 0 spiro atoms. The van der Waals surface area contributed by atoms with Gasteiger partial charge in [-0.15, -0.1) is 0 Å². The van der Waals surface area contributed by atoms with E-state index in [4.69, 9.17) is 0 Å². The summed E-state index contributed by atoms with van der Waals surface area (Å²) in [6, 6.07) is 8.56. The predicted molar refractivity (Wildman–Crippen MR) is 99.6 cm³/mol. The molecule has 0 saturated carbocycles. The normalized spacial score (nSPS) is 18.4. The van der Waals surface area contributed by atoms with Gasteiger partial charge in [-0.05, 0) is 42.7 Å². The van der Waals surface area contributed by atoms with E-state index in [0.29, 0.717) is 18.4 Å². The average molecular weight is 340 g/mol. The molecular formula is C20H28N4O. The first-order chi connectivity index (χ1) is 12.0. The molecule has 2 atom stereocenters. The summed E-state index contributed by atoms with van der Waals surface area (Å²) < 4.78 is 1.83. The fourth-order valence-corrected chi connectivity index (χ4v) is 3.54. The molecule has 1 aromatic carbocycles. The number of nitrogens with one attached hydrogen (secondary N) is 1. The number of hydrogen-bond acceptors (Lipinski definition) is 2. The number of amides is 2. The molecule has 1 fully saturated rings. The first-order valence-electron chi connectivity index (χ1n) is 9.08. The van der Waals surface area contributed by atoms with Crippen molar-refractivity contribution >= 4 is 6.03 Å². The Morgan fingerprint density at radius 2 is 2.28 bits per heavy atom. The van der Waals surface area contributed by atoms with Crippen molar-refractivity contribution in [2.24, 2.45) is 13.0 Å². The van der Waals surface area contributed by atoms with Gasteiger partial charge in [-0.25, -0.2) is 4.79 Å². The monoisotopic (exact) mass is 340 g/mol. The molecule has 5 heteroatoms. The fraction of sp³-hybridized carbons (Fsp3) is 0.500. The van der Waals surface area contributed by atoms with Crippen LogP contribution in [0.5, 0.6) is 0 Å². The third-order valence-electron chi connectivity index (χ3n) is 5.03. The highest BCUT2D eigenvalue weighted by Crippen LogP contribution is 2.21. The van der Waals surface area contributed by atoms with Crippen molar-refractivity contribution < 1.29 is 4.79 Å². The van der Waals surface area contributed by atoms with Crippen LogP contribution >= 0.6 is 0 Å². The van der Waals surface area contributed by atoms with E-state index < -0.39 is 0 Å². The highest BCUT2D eigenvalue weighted by molar-refractivity contribution is 5.74. The minimum absolute atomic E-state index is 0.0631. The second-order valence-electron chi connectivity index (χ2n) is 7.33. The molecule has 5 nitrogen and oxygen atoms in total. The summed E-state index contributed by atoms with van der Waals surface area (Å²) >= 11 is 0. The van der Waals surface area contributed by atoms with Crippen LogP contribution in [-0.2, 0) is 13.5 Å². The van der Waals surface area contributed by atoms with Crippen molar-refractivity contribution in [1.29, 1.82) is 0 Å². The number of aryl methyl sites for hydroxylation is 2. The standard InChI is InChI=1S/C20H28N4O/c1-15-5-4-6-19(9-15)16(2)11-21-20(25)24-8-7-17(14-24)10-18-12-22-23(3)13-18/h4-6,9,12-13,16-17H,7-8,10-11,14H2,1-3H3,(H,21,25)/t16-,17-/m0/s1. The molecule has 2 aromatic rings. The Balaban J connectivity index is 1.46. The highest BCUT2D eigenvalue weighted by atomic mass is 16.2. The lowest BCUT2D eigenvalue weighted by Gasteiger charge is -2.20. The maximum Gasteiger partial charge on any atom is 0.317 e. The topological polar surface area (TPSA) is 50.2 Å². The minimum Gasteiger partial charge on any atom is -0.337 e. The van der Waals surface area contributed by atoms with Gasteiger partial charge in [0.1, 0.15) is 0 Å².